The smallest absolute Gasteiger partial charge is 0.251 e. The van der Waals surface area contributed by atoms with Crippen LogP contribution in [0.5, 0.6) is 17.4 Å². The molecule has 1 heterocycles. The first kappa shape index (κ1) is 25.2. The third-order valence-corrected chi connectivity index (χ3v) is 6.08. The average molecular weight is 486 g/mol. The molecule has 0 atom stereocenters. The van der Waals surface area contributed by atoms with Gasteiger partial charge in [-0.15, -0.1) is 0 Å². The number of sulfonamides is 1. The number of carbonyl (C=O) groups is 1. The van der Waals surface area contributed by atoms with Crippen LogP contribution in [0, 0.1) is 0 Å². The highest BCUT2D eigenvalue weighted by Gasteiger charge is 2.16. The van der Waals surface area contributed by atoms with Crippen molar-refractivity contribution in [2.45, 2.75) is 18.4 Å². The summed E-state index contributed by atoms with van der Waals surface area (Å²) in [6, 6.07) is 16.6. The molecule has 0 saturated carbocycles. The Bertz CT molecular complexity index is 1200. The quantitative estimate of drug-likeness (QED) is 0.379. The second kappa shape index (κ2) is 12.1. The summed E-state index contributed by atoms with van der Waals surface area (Å²) >= 11 is 0. The summed E-state index contributed by atoms with van der Waals surface area (Å²) in [4.78, 5) is 16.8. The van der Waals surface area contributed by atoms with E-state index in [9.17, 15) is 13.2 Å². The number of para-hydroxylation sites is 2. The van der Waals surface area contributed by atoms with Gasteiger partial charge >= 0.3 is 0 Å². The maximum atomic E-state index is 12.6. The highest BCUT2D eigenvalue weighted by Crippen LogP contribution is 2.30. The first-order valence-electron chi connectivity index (χ1n) is 10.6. The Morgan fingerprint density at radius 2 is 1.82 bits per heavy atom. The van der Waals surface area contributed by atoms with Crippen molar-refractivity contribution in [3.63, 3.8) is 0 Å². The van der Waals surface area contributed by atoms with E-state index >= 15 is 0 Å². The summed E-state index contributed by atoms with van der Waals surface area (Å²) in [7, 11) is -2.25. The molecule has 10 heteroatoms. The first-order chi connectivity index (χ1) is 16.4. The number of hydrogen-bond acceptors (Lipinski definition) is 7. The minimum atomic E-state index is -3.74. The minimum absolute atomic E-state index is 0.00625. The second-order valence-corrected chi connectivity index (χ2v) is 8.85. The predicted molar refractivity (Wildman–Crippen MR) is 127 cm³/mol. The average Bonchev–Trinajstić information content (AvgIpc) is 2.85. The molecule has 0 radical (unpaired) electrons. The summed E-state index contributed by atoms with van der Waals surface area (Å²) in [6.45, 7) is 3.01. The molecule has 0 fully saturated rings. The molecule has 0 bridgehead atoms. The molecular weight excluding hydrogens is 458 g/mol. The fraction of sp³-hybridized carbons (Fsp3) is 0.250. The third-order valence-electron chi connectivity index (χ3n) is 4.62. The minimum Gasteiger partial charge on any atom is -0.490 e. The molecule has 3 aromatic rings. The van der Waals surface area contributed by atoms with Crippen molar-refractivity contribution in [3.05, 3.63) is 78.0 Å². The molecule has 0 spiro atoms. The Kier molecular flexibility index (Phi) is 8.97. The highest BCUT2D eigenvalue weighted by atomic mass is 32.2. The van der Waals surface area contributed by atoms with Gasteiger partial charge in [0.15, 0.2) is 11.5 Å². The standard InChI is InChI=1S/C24H27N3O6S/c1-3-32-21-9-4-5-10-22(21)33-23-12-11-18(16-25-23)17-26-24(28)19-7-6-8-20(15-19)34(29,30)27-13-14-31-2/h4-12,15-16,27H,3,13-14,17H2,1-2H3,(H,26,28). The van der Waals surface area contributed by atoms with Gasteiger partial charge in [0, 0.05) is 38.0 Å². The Hall–Kier alpha value is -3.47. The number of methoxy groups -OCH3 is 1. The molecule has 180 valence electrons. The Morgan fingerprint density at radius 1 is 1.03 bits per heavy atom. The van der Waals surface area contributed by atoms with Gasteiger partial charge < -0.3 is 19.5 Å². The van der Waals surface area contributed by atoms with Crippen LogP contribution in [0.3, 0.4) is 0 Å². The number of benzene rings is 2. The third kappa shape index (κ3) is 7.01. The van der Waals surface area contributed by atoms with Crippen LogP contribution >= 0.6 is 0 Å². The second-order valence-electron chi connectivity index (χ2n) is 7.09. The van der Waals surface area contributed by atoms with E-state index in [0.717, 1.165) is 5.56 Å². The number of nitrogens with one attached hydrogen (secondary N) is 2. The molecule has 34 heavy (non-hydrogen) atoms. The molecule has 1 amide bonds. The van der Waals surface area contributed by atoms with E-state index < -0.39 is 15.9 Å². The van der Waals surface area contributed by atoms with Crippen molar-refractivity contribution in [2.75, 3.05) is 26.9 Å². The van der Waals surface area contributed by atoms with Crippen molar-refractivity contribution in [2.24, 2.45) is 0 Å². The lowest BCUT2D eigenvalue weighted by molar-refractivity contribution is 0.0950. The fourth-order valence-electron chi connectivity index (χ4n) is 2.95. The Labute approximate surface area is 199 Å². The Morgan fingerprint density at radius 3 is 2.53 bits per heavy atom. The molecular formula is C24H27N3O6S. The first-order valence-corrected chi connectivity index (χ1v) is 12.1. The number of rotatable bonds is 12. The van der Waals surface area contributed by atoms with Gasteiger partial charge in [-0.3, -0.25) is 4.79 Å². The van der Waals surface area contributed by atoms with Crippen LogP contribution in [0.2, 0.25) is 0 Å². The number of ether oxygens (including phenoxy) is 3. The van der Waals surface area contributed by atoms with Crippen molar-refractivity contribution in [3.8, 4) is 17.4 Å². The molecule has 1 aromatic heterocycles. The lowest BCUT2D eigenvalue weighted by Crippen LogP contribution is -2.28. The number of nitrogens with zero attached hydrogens (tertiary/aromatic N) is 1. The van der Waals surface area contributed by atoms with Gasteiger partial charge in [0.2, 0.25) is 15.9 Å². The topological polar surface area (TPSA) is 116 Å². The lowest BCUT2D eigenvalue weighted by atomic mass is 10.2. The molecule has 0 aliphatic carbocycles. The van der Waals surface area contributed by atoms with Gasteiger partial charge in [-0.05, 0) is 42.8 Å². The zero-order valence-electron chi connectivity index (χ0n) is 19.0. The fourth-order valence-corrected chi connectivity index (χ4v) is 4.01. The van der Waals surface area contributed by atoms with E-state index in [-0.39, 0.29) is 30.2 Å². The van der Waals surface area contributed by atoms with Gasteiger partial charge in [-0.2, -0.15) is 0 Å². The van der Waals surface area contributed by atoms with Crippen LogP contribution in [0.25, 0.3) is 0 Å². The van der Waals surface area contributed by atoms with E-state index in [2.05, 4.69) is 15.0 Å². The van der Waals surface area contributed by atoms with Gasteiger partial charge in [-0.25, -0.2) is 18.1 Å². The van der Waals surface area contributed by atoms with E-state index in [1.54, 1.807) is 30.5 Å². The van der Waals surface area contributed by atoms with E-state index in [1.807, 2.05) is 25.1 Å². The van der Waals surface area contributed by atoms with Crippen LogP contribution < -0.4 is 19.5 Å². The maximum absolute atomic E-state index is 12.6. The molecule has 0 aliphatic heterocycles. The van der Waals surface area contributed by atoms with Gasteiger partial charge in [0.25, 0.3) is 5.91 Å². The van der Waals surface area contributed by atoms with E-state index in [4.69, 9.17) is 14.2 Å². The van der Waals surface area contributed by atoms with Crippen molar-refractivity contribution >= 4 is 15.9 Å². The SMILES string of the molecule is CCOc1ccccc1Oc1ccc(CNC(=O)c2cccc(S(=O)(=O)NCCOC)c2)cn1. The normalized spacial score (nSPS) is 11.1. The van der Waals surface area contributed by atoms with Gasteiger partial charge in [0.05, 0.1) is 18.1 Å². The highest BCUT2D eigenvalue weighted by molar-refractivity contribution is 7.89. The van der Waals surface area contributed by atoms with E-state index in [1.165, 1.54) is 25.3 Å². The van der Waals surface area contributed by atoms with Crippen LogP contribution in [0.1, 0.15) is 22.8 Å². The lowest BCUT2D eigenvalue weighted by Gasteiger charge is -2.11. The van der Waals surface area contributed by atoms with E-state index in [0.29, 0.717) is 24.0 Å². The van der Waals surface area contributed by atoms with Gasteiger partial charge in [-0.1, -0.05) is 24.3 Å². The summed E-state index contributed by atoms with van der Waals surface area (Å²) < 4.78 is 43.3. The van der Waals surface area contributed by atoms with Crippen molar-refractivity contribution < 1.29 is 27.4 Å². The molecule has 2 aromatic carbocycles. The number of carbonyl (C=O) groups excluding carboxylic acids is 1. The Balaban J connectivity index is 1.59. The number of pyridine rings is 1. The zero-order chi connectivity index (χ0) is 24.4. The molecule has 2 N–H and O–H groups in total. The van der Waals surface area contributed by atoms with Crippen molar-refractivity contribution in [1.29, 1.82) is 0 Å². The molecule has 9 nitrogen and oxygen atoms in total. The predicted octanol–water partition coefficient (Wildman–Crippen LogP) is 3.13. The largest absolute Gasteiger partial charge is 0.490 e. The van der Waals surface area contributed by atoms with Crippen LogP contribution in [0.15, 0.2) is 71.8 Å². The zero-order valence-corrected chi connectivity index (χ0v) is 19.8. The van der Waals surface area contributed by atoms with Gasteiger partial charge in [0.1, 0.15) is 0 Å². The molecule has 0 saturated heterocycles. The number of hydrogen-bond donors (Lipinski definition) is 2. The molecule has 3 rings (SSSR count). The summed E-state index contributed by atoms with van der Waals surface area (Å²) in [5, 5.41) is 2.77. The monoisotopic (exact) mass is 485 g/mol. The number of amides is 1. The number of aromatic nitrogens is 1. The maximum Gasteiger partial charge on any atom is 0.251 e. The summed E-state index contributed by atoms with van der Waals surface area (Å²) in [6.07, 6.45) is 1.60. The summed E-state index contributed by atoms with van der Waals surface area (Å²) in [5.41, 5.74) is 0.985. The van der Waals surface area contributed by atoms with Crippen LogP contribution in [-0.2, 0) is 21.3 Å². The molecule has 0 aliphatic rings. The van der Waals surface area contributed by atoms with Crippen LogP contribution in [0.4, 0.5) is 0 Å². The molecule has 0 unspecified atom stereocenters. The summed E-state index contributed by atoms with van der Waals surface area (Å²) in [5.74, 6) is 1.17. The van der Waals surface area contributed by atoms with Crippen molar-refractivity contribution in [1.82, 2.24) is 15.0 Å². The van der Waals surface area contributed by atoms with Crippen LogP contribution in [-0.4, -0.2) is 46.2 Å².